The van der Waals surface area contributed by atoms with Crippen molar-refractivity contribution in [3.05, 3.63) is 59.1 Å². The van der Waals surface area contributed by atoms with Gasteiger partial charge in [0.05, 0.1) is 0 Å². The lowest BCUT2D eigenvalue weighted by Crippen LogP contribution is -2.42. The molecule has 1 aliphatic rings. The SMILES string of the molecule is Cl.Clc1ccc(-c2ccc(CN3CCNCC3)cc2)cc1. The van der Waals surface area contributed by atoms with Crippen molar-refractivity contribution in [2.24, 2.45) is 0 Å². The smallest absolute Gasteiger partial charge is 0.0406 e. The average molecular weight is 323 g/mol. The molecule has 21 heavy (non-hydrogen) atoms. The van der Waals surface area contributed by atoms with Crippen molar-refractivity contribution in [2.45, 2.75) is 6.54 Å². The van der Waals surface area contributed by atoms with E-state index in [4.69, 9.17) is 11.6 Å². The van der Waals surface area contributed by atoms with Crippen LogP contribution in [0, 0.1) is 0 Å². The molecule has 1 saturated heterocycles. The van der Waals surface area contributed by atoms with E-state index in [9.17, 15) is 0 Å². The van der Waals surface area contributed by atoms with E-state index < -0.39 is 0 Å². The molecule has 0 radical (unpaired) electrons. The number of hydrogen-bond acceptors (Lipinski definition) is 2. The molecule has 0 atom stereocenters. The molecule has 1 fully saturated rings. The van der Waals surface area contributed by atoms with Crippen LogP contribution in [0.3, 0.4) is 0 Å². The second-order valence-corrected chi connectivity index (χ2v) is 5.67. The van der Waals surface area contributed by atoms with E-state index in [-0.39, 0.29) is 12.4 Å². The Morgan fingerprint density at radius 2 is 1.38 bits per heavy atom. The van der Waals surface area contributed by atoms with Crippen molar-refractivity contribution < 1.29 is 0 Å². The van der Waals surface area contributed by atoms with Gasteiger partial charge in [-0.2, -0.15) is 0 Å². The van der Waals surface area contributed by atoms with E-state index >= 15 is 0 Å². The molecule has 2 aromatic carbocycles. The maximum atomic E-state index is 5.92. The molecule has 1 N–H and O–H groups in total. The number of nitrogens with one attached hydrogen (secondary N) is 1. The number of halogens is 2. The first-order valence-electron chi connectivity index (χ1n) is 7.09. The van der Waals surface area contributed by atoms with E-state index in [1.54, 1.807) is 0 Å². The highest BCUT2D eigenvalue weighted by Gasteiger charge is 2.09. The quantitative estimate of drug-likeness (QED) is 0.923. The highest BCUT2D eigenvalue weighted by atomic mass is 35.5. The van der Waals surface area contributed by atoms with Gasteiger partial charge in [0.1, 0.15) is 0 Å². The maximum absolute atomic E-state index is 5.92. The molecule has 112 valence electrons. The minimum Gasteiger partial charge on any atom is -0.314 e. The average Bonchev–Trinajstić information content (AvgIpc) is 2.50. The summed E-state index contributed by atoms with van der Waals surface area (Å²) in [4.78, 5) is 2.49. The molecular formula is C17H20Cl2N2. The van der Waals surface area contributed by atoms with Crippen LogP contribution in [0.4, 0.5) is 0 Å². The van der Waals surface area contributed by atoms with Crippen LogP contribution in [0.25, 0.3) is 11.1 Å². The van der Waals surface area contributed by atoms with Gasteiger partial charge in [-0.1, -0.05) is 48.0 Å². The maximum Gasteiger partial charge on any atom is 0.0406 e. The van der Waals surface area contributed by atoms with Crippen molar-refractivity contribution in [1.82, 2.24) is 10.2 Å². The van der Waals surface area contributed by atoms with E-state index in [0.29, 0.717) is 0 Å². The van der Waals surface area contributed by atoms with Crippen LogP contribution >= 0.6 is 24.0 Å². The summed E-state index contributed by atoms with van der Waals surface area (Å²) in [6, 6.07) is 16.8. The molecule has 0 saturated carbocycles. The number of benzene rings is 2. The standard InChI is InChI=1S/C17H19ClN2.ClH/c18-17-7-5-16(6-8-17)15-3-1-14(2-4-15)13-20-11-9-19-10-12-20;/h1-8,19H,9-13H2;1H. The highest BCUT2D eigenvalue weighted by Crippen LogP contribution is 2.22. The molecule has 2 nitrogen and oxygen atoms in total. The van der Waals surface area contributed by atoms with Gasteiger partial charge in [-0.05, 0) is 28.8 Å². The van der Waals surface area contributed by atoms with Crippen LogP contribution in [0.5, 0.6) is 0 Å². The fraction of sp³-hybridized carbons (Fsp3) is 0.294. The van der Waals surface area contributed by atoms with Gasteiger partial charge in [-0.25, -0.2) is 0 Å². The zero-order chi connectivity index (χ0) is 13.8. The second kappa shape index (κ2) is 7.81. The first-order valence-corrected chi connectivity index (χ1v) is 7.47. The summed E-state index contributed by atoms with van der Waals surface area (Å²) in [5.74, 6) is 0. The predicted octanol–water partition coefficient (Wildman–Crippen LogP) is 3.83. The van der Waals surface area contributed by atoms with Crippen LogP contribution in [0.15, 0.2) is 48.5 Å². The van der Waals surface area contributed by atoms with Crippen molar-refractivity contribution in [1.29, 1.82) is 0 Å². The summed E-state index contributed by atoms with van der Waals surface area (Å²) in [5.41, 5.74) is 3.83. The highest BCUT2D eigenvalue weighted by molar-refractivity contribution is 6.30. The number of piperazine rings is 1. The van der Waals surface area contributed by atoms with E-state index in [2.05, 4.69) is 46.6 Å². The van der Waals surface area contributed by atoms with Gasteiger partial charge in [-0.15, -0.1) is 12.4 Å². The number of hydrogen-bond donors (Lipinski definition) is 1. The molecule has 3 rings (SSSR count). The van der Waals surface area contributed by atoms with Gasteiger partial charge in [0.15, 0.2) is 0 Å². The first-order chi connectivity index (χ1) is 9.81. The summed E-state index contributed by atoms with van der Waals surface area (Å²) >= 11 is 5.92. The minimum absolute atomic E-state index is 0. The van der Waals surface area contributed by atoms with Gasteiger partial charge >= 0.3 is 0 Å². The Labute approximate surface area is 137 Å². The number of nitrogens with zero attached hydrogens (tertiary/aromatic N) is 1. The van der Waals surface area contributed by atoms with Crippen LogP contribution in [0.2, 0.25) is 5.02 Å². The molecule has 0 spiro atoms. The van der Waals surface area contributed by atoms with Gasteiger partial charge in [0, 0.05) is 37.7 Å². The van der Waals surface area contributed by atoms with Gasteiger partial charge < -0.3 is 5.32 Å². The van der Waals surface area contributed by atoms with Crippen LogP contribution in [-0.4, -0.2) is 31.1 Å². The molecule has 0 unspecified atom stereocenters. The van der Waals surface area contributed by atoms with Crippen molar-refractivity contribution in [2.75, 3.05) is 26.2 Å². The molecular weight excluding hydrogens is 303 g/mol. The molecule has 4 heteroatoms. The molecule has 0 amide bonds. The van der Waals surface area contributed by atoms with Crippen LogP contribution in [-0.2, 0) is 6.54 Å². The Bertz CT molecular complexity index is 546. The largest absolute Gasteiger partial charge is 0.314 e. The van der Waals surface area contributed by atoms with Gasteiger partial charge in [-0.3, -0.25) is 4.90 Å². The Balaban J connectivity index is 0.00000161. The predicted molar refractivity (Wildman–Crippen MR) is 92.3 cm³/mol. The first kappa shape index (κ1) is 16.3. The summed E-state index contributed by atoms with van der Waals surface area (Å²) < 4.78 is 0. The molecule has 1 aliphatic heterocycles. The normalized spacial score (nSPS) is 15.5. The van der Waals surface area contributed by atoms with Gasteiger partial charge in [0.2, 0.25) is 0 Å². The van der Waals surface area contributed by atoms with E-state index in [0.717, 1.165) is 37.7 Å². The summed E-state index contributed by atoms with van der Waals surface area (Å²) in [5, 5.41) is 4.16. The van der Waals surface area contributed by atoms with Crippen molar-refractivity contribution in [3.63, 3.8) is 0 Å². The van der Waals surface area contributed by atoms with E-state index in [1.165, 1.54) is 16.7 Å². The topological polar surface area (TPSA) is 15.3 Å². The Hall–Kier alpha value is -1.06. The summed E-state index contributed by atoms with van der Waals surface area (Å²) in [6.07, 6.45) is 0. The lowest BCUT2D eigenvalue weighted by Gasteiger charge is -2.27. The third kappa shape index (κ3) is 4.45. The summed E-state index contributed by atoms with van der Waals surface area (Å²) in [7, 11) is 0. The fourth-order valence-corrected chi connectivity index (χ4v) is 2.70. The summed E-state index contributed by atoms with van der Waals surface area (Å²) in [6.45, 7) is 5.52. The van der Waals surface area contributed by atoms with Gasteiger partial charge in [0.25, 0.3) is 0 Å². The van der Waals surface area contributed by atoms with Crippen molar-refractivity contribution >= 4 is 24.0 Å². The van der Waals surface area contributed by atoms with Crippen LogP contribution in [0.1, 0.15) is 5.56 Å². The molecule has 2 aromatic rings. The Morgan fingerprint density at radius 3 is 1.95 bits per heavy atom. The Morgan fingerprint density at radius 1 is 0.857 bits per heavy atom. The zero-order valence-corrected chi connectivity index (χ0v) is 13.5. The third-order valence-electron chi connectivity index (χ3n) is 3.75. The third-order valence-corrected chi connectivity index (χ3v) is 4.00. The fourth-order valence-electron chi connectivity index (χ4n) is 2.57. The Kier molecular flexibility index (Phi) is 6.07. The lowest BCUT2D eigenvalue weighted by molar-refractivity contribution is 0.233. The number of rotatable bonds is 3. The molecule has 1 heterocycles. The van der Waals surface area contributed by atoms with Crippen LogP contribution < -0.4 is 5.32 Å². The lowest BCUT2D eigenvalue weighted by atomic mass is 10.0. The van der Waals surface area contributed by atoms with Crippen molar-refractivity contribution in [3.8, 4) is 11.1 Å². The monoisotopic (exact) mass is 322 g/mol. The minimum atomic E-state index is 0. The second-order valence-electron chi connectivity index (χ2n) is 5.23. The molecule has 0 bridgehead atoms. The molecule has 0 aromatic heterocycles. The zero-order valence-electron chi connectivity index (χ0n) is 11.9. The molecule has 0 aliphatic carbocycles. The van der Waals surface area contributed by atoms with E-state index in [1.807, 2.05) is 12.1 Å².